The molecular weight excluding hydrogens is 269 g/mol. The van der Waals surface area contributed by atoms with Crippen LogP contribution in [0, 0.1) is 13.8 Å². The standard InChI is InChI=1S/C14H13F3N2O/c1-8-7-10(9(2)18-8)13(20)19-12-6-4-3-5-11(12)14(15,16)17/h3-7,18H,1-2H3,(H,19,20). The van der Waals surface area contributed by atoms with Gasteiger partial charge in [0.1, 0.15) is 0 Å². The van der Waals surface area contributed by atoms with Gasteiger partial charge < -0.3 is 10.3 Å². The van der Waals surface area contributed by atoms with E-state index in [4.69, 9.17) is 0 Å². The maximum atomic E-state index is 12.8. The van der Waals surface area contributed by atoms with Crippen LogP contribution < -0.4 is 5.32 Å². The van der Waals surface area contributed by atoms with Gasteiger partial charge in [0.2, 0.25) is 0 Å². The molecule has 0 atom stereocenters. The van der Waals surface area contributed by atoms with Crippen molar-refractivity contribution in [3.8, 4) is 0 Å². The minimum absolute atomic E-state index is 0.247. The van der Waals surface area contributed by atoms with Gasteiger partial charge in [-0.3, -0.25) is 4.79 Å². The van der Waals surface area contributed by atoms with E-state index in [1.807, 2.05) is 0 Å². The van der Waals surface area contributed by atoms with Crippen molar-refractivity contribution < 1.29 is 18.0 Å². The van der Waals surface area contributed by atoms with Crippen molar-refractivity contribution in [2.75, 3.05) is 5.32 Å². The van der Waals surface area contributed by atoms with E-state index in [-0.39, 0.29) is 5.69 Å². The van der Waals surface area contributed by atoms with Crippen LogP contribution in [-0.4, -0.2) is 10.9 Å². The average Bonchev–Trinajstić information content (AvgIpc) is 2.68. The zero-order chi connectivity index (χ0) is 14.9. The van der Waals surface area contributed by atoms with Crippen LogP contribution in [0.5, 0.6) is 0 Å². The van der Waals surface area contributed by atoms with Gasteiger partial charge in [-0.2, -0.15) is 13.2 Å². The summed E-state index contributed by atoms with van der Waals surface area (Å²) in [6, 6.07) is 6.49. The predicted molar refractivity (Wildman–Crippen MR) is 69.7 cm³/mol. The van der Waals surface area contributed by atoms with E-state index >= 15 is 0 Å². The third-order valence-corrected chi connectivity index (χ3v) is 2.87. The number of aryl methyl sites for hydroxylation is 2. The van der Waals surface area contributed by atoms with E-state index in [9.17, 15) is 18.0 Å². The van der Waals surface area contributed by atoms with E-state index in [1.54, 1.807) is 19.9 Å². The van der Waals surface area contributed by atoms with Crippen molar-refractivity contribution in [1.82, 2.24) is 4.98 Å². The number of hydrogen-bond donors (Lipinski definition) is 2. The normalized spacial score (nSPS) is 11.4. The molecule has 3 nitrogen and oxygen atoms in total. The molecular formula is C14H13F3N2O. The number of aromatic amines is 1. The van der Waals surface area contributed by atoms with Crippen LogP contribution in [-0.2, 0) is 6.18 Å². The zero-order valence-corrected chi connectivity index (χ0v) is 10.9. The van der Waals surface area contributed by atoms with Crippen LogP contribution in [0.15, 0.2) is 30.3 Å². The fourth-order valence-corrected chi connectivity index (χ4v) is 1.99. The molecule has 20 heavy (non-hydrogen) atoms. The third kappa shape index (κ3) is 2.84. The van der Waals surface area contributed by atoms with Crippen molar-refractivity contribution in [3.63, 3.8) is 0 Å². The Morgan fingerprint density at radius 2 is 1.85 bits per heavy atom. The molecule has 2 aromatic rings. The Morgan fingerprint density at radius 1 is 1.20 bits per heavy atom. The minimum atomic E-state index is -4.51. The molecule has 0 aliphatic carbocycles. The number of nitrogens with one attached hydrogen (secondary N) is 2. The number of halogens is 3. The van der Waals surface area contributed by atoms with Gasteiger partial charge in [0.05, 0.1) is 16.8 Å². The highest BCUT2D eigenvalue weighted by Crippen LogP contribution is 2.34. The summed E-state index contributed by atoms with van der Waals surface area (Å²) in [5.74, 6) is -0.566. The van der Waals surface area contributed by atoms with Crippen LogP contribution >= 0.6 is 0 Å². The summed E-state index contributed by atoms with van der Waals surface area (Å²) < 4.78 is 38.5. The van der Waals surface area contributed by atoms with Gasteiger partial charge in [-0.25, -0.2) is 0 Å². The highest BCUT2D eigenvalue weighted by Gasteiger charge is 2.33. The van der Waals surface area contributed by atoms with Gasteiger partial charge in [0.15, 0.2) is 0 Å². The zero-order valence-electron chi connectivity index (χ0n) is 10.9. The Morgan fingerprint density at radius 3 is 2.40 bits per heavy atom. The van der Waals surface area contributed by atoms with Gasteiger partial charge in [0, 0.05) is 11.4 Å². The number of carbonyl (C=O) groups is 1. The molecule has 2 rings (SSSR count). The number of aromatic nitrogens is 1. The summed E-state index contributed by atoms with van der Waals surface area (Å²) in [4.78, 5) is 15.0. The lowest BCUT2D eigenvalue weighted by atomic mass is 10.1. The Balaban J connectivity index is 2.31. The number of H-pyrrole nitrogens is 1. The molecule has 106 valence electrons. The van der Waals surface area contributed by atoms with Crippen LogP contribution in [0.1, 0.15) is 27.3 Å². The van der Waals surface area contributed by atoms with Crippen LogP contribution in [0.25, 0.3) is 0 Å². The summed E-state index contributed by atoms with van der Waals surface area (Å²) in [5, 5.41) is 2.31. The maximum absolute atomic E-state index is 12.8. The van der Waals surface area contributed by atoms with Gasteiger partial charge in [0.25, 0.3) is 5.91 Å². The lowest BCUT2D eigenvalue weighted by Gasteiger charge is -2.13. The summed E-state index contributed by atoms with van der Waals surface area (Å²) >= 11 is 0. The summed E-state index contributed by atoms with van der Waals surface area (Å²) in [5.41, 5.74) is 0.613. The summed E-state index contributed by atoms with van der Waals surface area (Å²) in [6.45, 7) is 3.46. The average molecular weight is 282 g/mol. The van der Waals surface area contributed by atoms with E-state index in [2.05, 4.69) is 10.3 Å². The highest BCUT2D eigenvalue weighted by molar-refractivity contribution is 6.05. The topological polar surface area (TPSA) is 44.9 Å². The first-order valence-electron chi connectivity index (χ1n) is 5.93. The van der Waals surface area contributed by atoms with Gasteiger partial charge in [-0.1, -0.05) is 12.1 Å². The van der Waals surface area contributed by atoms with Gasteiger partial charge in [-0.15, -0.1) is 0 Å². The molecule has 1 aromatic carbocycles. The lowest BCUT2D eigenvalue weighted by molar-refractivity contribution is -0.136. The number of alkyl halides is 3. The molecule has 1 heterocycles. The highest BCUT2D eigenvalue weighted by atomic mass is 19.4. The number of hydrogen-bond acceptors (Lipinski definition) is 1. The molecule has 2 N–H and O–H groups in total. The first-order valence-corrected chi connectivity index (χ1v) is 5.93. The van der Waals surface area contributed by atoms with Crippen LogP contribution in [0.2, 0.25) is 0 Å². The Hall–Kier alpha value is -2.24. The molecule has 0 saturated carbocycles. The number of rotatable bonds is 2. The maximum Gasteiger partial charge on any atom is 0.418 e. The minimum Gasteiger partial charge on any atom is -0.362 e. The molecule has 0 aliphatic rings. The van der Waals surface area contributed by atoms with Crippen molar-refractivity contribution in [2.45, 2.75) is 20.0 Å². The number of para-hydroxylation sites is 1. The fourth-order valence-electron chi connectivity index (χ4n) is 1.99. The molecule has 0 unspecified atom stereocenters. The molecule has 1 aromatic heterocycles. The van der Waals surface area contributed by atoms with Gasteiger partial charge in [-0.05, 0) is 32.0 Å². The predicted octanol–water partition coefficient (Wildman–Crippen LogP) is 3.90. The van der Waals surface area contributed by atoms with Crippen molar-refractivity contribution in [3.05, 3.63) is 52.8 Å². The second-order valence-electron chi connectivity index (χ2n) is 4.49. The number of amides is 1. The van der Waals surface area contributed by atoms with E-state index in [0.29, 0.717) is 11.3 Å². The Kier molecular flexibility index (Phi) is 3.57. The van der Waals surface area contributed by atoms with Crippen molar-refractivity contribution >= 4 is 11.6 Å². The monoisotopic (exact) mass is 282 g/mol. The first kappa shape index (κ1) is 14.2. The first-order chi connectivity index (χ1) is 9.29. The molecule has 0 spiro atoms. The third-order valence-electron chi connectivity index (χ3n) is 2.87. The summed E-state index contributed by atoms with van der Waals surface area (Å²) in [6.07, 6.45) is -4.51. The molecule has 0 bridgehead atoms. The second-order valence-corrected chi connectivity index (χ2v) is 4.49. The van der Waals surface area contributed by atoms with Crippen molar-refractivity contribution in [2.24, 2.45) is 0 Å². The van der Waals surface area contributed by atoms with E-state index in [1.165, 1.54) is 18.2 Å². The second kappa shape index (κ2) is 5.03. The Labute approximate surface area is 113 Å². The Bertz CT molecular complexity index is 644. The lowest BCUT2D eigenvalue weighted by Crippen LogP contribution is -2.16. The fraction of sp³-hybridized carbons (Fsp3) is 0.214. The smallest absolute Gasteiger partial charge is 0.362 e. The number of carbonyl (C=O) groups excluding carboxylic acids is 1. The SMILES string of the molecule is Cc1cc(C(=O)Nc2ccccc2C(F)(F)F)c(C)[nH]1. The van der Waals surface area contributed by atoms with E-state index in [0.717, 1.165) is 11.8 Å². The molecule has 0 aliphatic heterocycles. The molecule has 0 fully saturated rings. The van der Waals surface area contributed by atoms with Crippen LogP contribution in [0.4, 0.5) is 18.9 Å². The quantitative estimate of drug-likeness (QED) is 0.862. The largest absolute Gasteiger partial charge is 0.418 e. The molecule has 0 radical (unpaired) electrons. The van der Waals surface area contributed by atoms with Crippen LogP contribution in [0.3, 0.4) is 0 Å². The van der Waals surface area contributed by atoms with Gasteiger partial charge >= 0.3 is 6.18 Å². The molecule has 6 heteroatoms. The number of benzene rings is 1. The molecule has 0 saturated heterocycles. The van der Waals surface area contributed by atoms with E-state index < -0.39 is 17.6 Å². The van der Waals surface area contributed by atoms with Crippen molar-refractivity contribution in [1.29, 1.82) is 0 Å². The number of anilines is 1. The summed E-state index contributed by atoms with van der Waals surface area (Å²) in [7, 11) is 0. The molecule has 1 amide bonds.